The Balaban J connectivity index is 1.58. The molecule has 1 unspecified atom stereocenters. The molecule has 1 aliphatic carbocycles. The third kappa shape index (κ3) is 3.44. The van der Waals surface area contributed by atoms with Crippen molar-refractivity contribution in [1.82, 2.24) is 5.32 Å². The second kappa shape index (κ2) is 6.58. The van der Waals surface area contributed by atoms with Crippen molar-refractivity contribution in [2.75, 3.05) is 6.54 Å². The summed E-state index contributed by atoms with van der Waals surface area (Å²) < 4.78 is 1.17. The number of rotatable bonds is 4. The van der Waals surface area contributed by atoms with E-state index in [-0.39, 0.29) is 11.8 Å². The van der Waals surface area contributed by atoms with Gasteiger partial charge < -0.3 is 10.4 Å². The van der Waals surface area contributed by atoms with Crippen LogP contribution < -0.4 is 5.32 Å². The zero-order valence-electron chi connectivity index (χ0n) is 12.0. The van der Waals surface area contributed by atoms with Gasteiger partial charge in [0.1, 0.15) is 6.10 Å². The number of benzene rings is 1. The van der Waals surface area contributed by atoms with Crippen molar-refractivity contribution in [3.8, 4) is 0 Å². The number of thiophene rings is 1. The van der Waals surface area contributed by atoms with E-state index in [0.29, 0.717) is 6.54 Å². The van der Waals surface area contributed by atoms with E-state index in [4.69, 9.17) is 0 Å². The van der Waals surface area contributed by atoms with Gasteiger partial charge in [-0.2, -0.15) is 0 Å². The second-order valence-electron chi connectivity index (χ2n) is 5.78. The maximum atomic E-state index is 12.1. The van der Waals surface area contributed by atoms with Crippen molar-refractivity contribution in [3.63, 3.8) is 0 Å². The molecular weight excluding hydrogens is 282 g/mol. The molecule has 3 rings (SSSR count). The second-order valence-corrected chi connectivity index (χ2v) is 6.90. The molecule has 0 aliphatic heterocycles. The lowest BCUT2D eigenvalue weighted by Gasteiger charge is -2.21. The normalized spacial score (nSPS) is 17.8. The van der Waals surface area contributed by atoms with Gasteiger partial charge in [-0.15, -0.1) is 11.3 Å². The van der Waals surface area contributed by atoms with Crippen LogP contribution in [0, 0.1) is 5.92 Å². The van der Waals surface area contributed by atoms with Crippen LogP contribution in [0.15, 0.2) is 30.3 Å². The number of carbonyl (C=O) groups excluding carboxylic acids is 1. The fourth-order valence-corrected chi connectivity index (χ4v) is 4.02. The lowest BCUT2D eigenvalue weighted by molar-refractivity contribution is -0.126. The van der Waals surface area contributed by atoms with Crippen molar-refractivity contribution < 1.29 is 9.90 Å². The number of amides is 1. The van der Waals surface area contributed by atoms with E-state index in [1.54, 1.807) is 11.3 Å². The average Bonchev–Trinajstić information content (AvgIpc) is 2.97. The monoisotopic (exact) mass is 303 g/mol. The molecule has 1 amide bonds. The zero-order chi connectivity index (χ0) is 14.7. The van der Waals surface area contributed by atoms with E-state index in [9.17, 15) is 9.90 Å². The summed E-state index contributed by atoms with van der Waals surface area (Å²) in [4.78, 5) is 13.0. The van der Waals surface area contributed by atoms with Crippen molar-refractivity contribution in [2.45, 2.75) is 38.2 Å². The smallest absolute Gasteiger partial charge is 0.223 e. The molecule has 112 valence electrons. The third-order valence-electron chi connectivity index (χ3n) is 4.22. The lowest BCUT2D eigenvalue weighted by atomic mass is 9.88. The SMILES string of the molecule is O=C(NCC(O)c1cc2ccccc2s1)C1CCCCC1. The summed E-state index contributed by atoms with van der Waals surface area (Å²) in [7, 11) is 0. The molecule has 3 nitrogen and oxygen atoms in total. The van der Waals surface area contributed by atoms with Gasteiger partial charge in [0.25, 0.3) is 0 Å². The van der Waals surface area contributed by atoms with Gasteiger partial charge in [0.05, 0.1) is 0 Å². The summed E-state index contributed by atoms with van der Waals surface area (Å²) in [5.74, 6) is 0.253. The van der Waals surface area contributed by atoms with Crippen molar-refractivity contribution in [3.05, 3.63) is 35.2 Å². The fourth-order valence-electron chi connectivity index (χ4n) is 2.97. The number of fused-ring (bicyclic) bond motifs is 1. The molecule has 1 heterocycles. The fraction of sp³-hybridized carbons (Fsp3) is 0.471. The predicted molar refractivity (Wildman–Crippen MR) is 86.4 cm³/mol. The van der Waals surface area contributed by atoms with Crippen LogP contribution in [0.1, 0.15) is 43.1 Å². The Kier molecular flexibility index (Phi) is 4.56. The summed E-state index contributed by atoms with van der Waals surface area (Å²) in [6, 6.07) is 10.1. The molecular formula is C17H21NO2S. The largest absolute Gasteiger partial charge is 0.386 e. The topological polar surface area (TPSA) is 49.3 Å². The lowest BCUT2D eigenvalue weighted by Crippen LogP contribution is -2.34. The molecule has 21 heavy (non-hydrogen) atoms. The molecule has 1 aliphatic rings. The van der Waals surface area contributed by atoms with Gasteiger partial charge in [0, 0.05) is 22.0 Å². The highest BCUT2D eigenvalue weighted by Gasteiger charge is 2.21. The molecule has 0 spiro atoms. The van der Waals surface area contributed by atoms with E-state index >= 15 is 0 Å². The van der Waals surface area contributed by atoms with Crippen LogP contribution in [0.2, 0.25) is 0 Å². The average molecular weight is 303 g/mol. The van der Waals surface area contributed by atoms with E-state index in [1.807, 2.05) is 24.3 Å². The van der Waals surface area contributed by atoms with Crippen LogP contribution >= 0.6 is 11.3 Å². The summed E-state index contributed by atoms with van der Waals surface area (Å²) in [6.07, 6.45) is 4.91. The Morgan fingerprint density at radius 3 is 2.81 bits per heavy atom. The van der Waals surface area contributed by atoms with Crippen LogP contribution in [0.3, 0.4) is 0 Å². The molecule has 1 aromatic heterocycles. The molecule has 0 radical (unpaired) electrons. The minimum absolute atomic E-state index is 0.106. The highest BCUT2D eigenvalue weighted by molar-refractivity contribution is 7.19. The molecule has 0 bridgehead atoms. The van der Waals surface area contributed by atoms with Crippen LogP contribution in [-0.4, -0.2) is 17.6 Å². The van der Waals surface area contributed by atoms with Crippen LogP contribution in [0.4, 0.5) is 0 Å². The molecule has 4 heteroatoms. The van der Waals surface area contributed by atoms with Crippen molar-refractivity contribution in [1.29, 1.82) is 0 Å². The quantitative estimate of drug-likeness (QED) is 0.906. The Bertz CT molecular complexity index is 583. The van der Waals surface area contributed by atoms with E-state index in [2.05, 4.69) is 11.4 Å². The Hall–Kier alpha value is -1.39. The predicted octanol–water partition coefficient (Wildman–Crippen LogP) is 3.63. The molecule has 0 saturated heterocycles. The van der Waals surface area contributed by atoms with Crippen LogP contribution in [0.25, 0.3) is 10.1 Å². The van der Waals surface area contributed by atoms with E-state index < -0.39 is 6.10 Å². The Morgan fingerprint density at radius 1 is 1.29 bits per heavy atom. The Morgan fingerprint density at radius 2 is 2.05 bits per heavy atom. The van der Waals surface area contributed by atoms with Gasteiger partial charge in [0.15, 0.2) is 0 Å². The highest BCUT2D eigenvalue weighted by atomic mass is 32.1. The number of hydrogen-bond donors (Lipinski definition) is 2. The molecule has 2 N–H and O–H groups in total. The van der Waals surface area contributed by atoms with Gasteiger partial charge in [-0.3, -0.25) is 4.79 Å². The summed E-state index contributed by atoms with van der Waals surface area (Å²) in [5.41, 5.74) is 0. The first-order valence-electron chi connectivity index (χ1n) is 7.68. The summed E-state index contributed by atoms with van der Waals surface area (Å²) >= 11 is 1.59. The molecule has 1 saturated carbocycles. The van der Waals surface area contributed by atoms with Gasteiger partial charge in [0.2, 0.25) is 5.91 Å². The number of aliphatic hydroxyl groups excluding tert-OH is 1. The van der Waals surface area contributed by atoms with Gasteiger partial charge >= 0.3 is 0 Å². The first-order valence-corrected chi connectivity index (χ1v) is 8.50. The van der Waals surface area contributed by atoms with Gasteiger partial charge in [-0.05, 0) is 30.4 Å². The van der Waals surface area contributed by atoms with Crippen LogP contribution in [-0.2, 0) is 4.79 Å². The first kappa shape index (κ1) is 14.5. The molecule has 2 aromatic rings. The van der Waals surface area contributed by atoms with Gasteiger partial charge in [-0.25, -0.2) is 0 Å². The zero-order valence-corrected chi connectivity index (χ0v) is 12.9. The van der Waals surface area contributed by atoms with Gasteiger partial charge in [-0.1, -0.05) is 37.5 Å². The van der Waals surface area contributed by atoms with Crippen LogP contribution in [0.5, 0.6) is 0 Å². The Labute approximate surface area is 129 Å². The maximum absolute atomic E-state index is 12.1. The molecule has 1 atom stereocenters. The summed E-state index contributed by atoms with van der Waals surface area (Å²) in [5, 5.41) is 14.3. The van der Waals surface area contributed by atoms with Crippen molar-refractivity contribution in [2.24, 2.45) is 5.92 Å². The molecule has 1 aromatic carbocycles. The third-order valence-corrected chi connectivity index (χ3v) is 5.44. The maximum Gasteiger partial charge on any atom is 0.223 e. The highest BCUT2D eigenvalue weighted by Crippen LogP contribution is 2.29. The number of hydrogen-bond acceptors (Lipinski definition) is 3. The van der Waals surface area contributed by atoms with E-state index in [0.717, 1.165) is 35.9 Å². The minimum Gasteiger partial charge on any atom is -0.386 e. The number of carbonyl (C=O) groups is 1. The standard InChI is InChI=1S/C17H21NO2S/c19-14(11-18-17(20)12-6-2-1-3-7-12)16-10-13-8-4-5-9-15(13)21-16/h4-5,8-10,12,14,19H,1-3,6-7,11H2,(H,18,20). The minimum atomic E-state index is -0.616. The number of nitrogens with one attached hydrogen (secondary N) is 1. The summed E-state index contributed by atoms with van der Waals surface area (Å²) in [6.45, 7) is 0.308. The van der Waals surface area contributed by atoms with E-state index in [1.165, 1.54) is 11.1 Å². The molecule has 1 fully saturated rings. The van der Waals surface area contributed by atoms with Crippen molar-refractivity contribution >= 4 is 27.3 Å². The number of aliphatic hydroxyl groups is 1. The first-order chi connectivity index (χ1) is 10.2.